The van der Waals surface area contributed by atoms with Crippen molar-refractivity contribution >= 4 is 12.0 Å². The smallest absolute Gasteiger partial charge is 0.409 e. The van der Waals surface area contributed by atoms with Crippen LogP contribution in [-0.2, 0) is 16.0 Å². The van der Waals surface area contributed by atoms with Gasteiger partial charge in [-0.3, -0.25) is 4.79 Å². The Bertz CT molecular complexity index is 641. The Kier molecular flexibility index (Phi) is 4.17. The zero-order chi connectivity index (χ0) is 16.5. The highest BCUT2D eigenvalue weighted by Crippen LogP contribution is 2.41. The van der Waals surface area contributed by atoms with Gasteiger partial charge < -0.3 is 14.5 Å². The third-order valence-electron chi connectivity index (χ3n) is 5.34. The molecule has 2 amide bonds. The molecule has 4 rings (SSSR count). The number of carbonyl (C=O) groups is 2. The van der Waals surface area contributed by atoms with Gasteiger partial charge in [-0.15, -0.1) is 0 Å². The molecule has 3 aliphatic rings. The predicted octanol–water partition coefficient (Wildman–Crippen LogP) is 2.90. The molecule has 5 nitrogen and oxygen atoms in total. The fourth-order valence-electron chi connectivity index (χ4n) is 3.99. The summed E-state index contributed by atoms with van der Waals surface area (Å²) in [5.74, 6) is 0.180. The van der Waals surface area contributed by atoms with Crippen LogP contribution in [0.15, 0.2) is 24.3 Å². The Balaban J connectivity index is 1.48. The molecule has 1 aromatic rings. The molecule has 24 heavy (non-hydrogen) atoms. The molecule has 0 aromatic heterocycles. The van der Waals surface area contributed by atoms with Gasteiger partial charge in [-0.25, -0.2) is 4.79 Å². The molecule has 1 atom stereocenters. The molecular weight excluding hydrogens is 304 g/mol. The molecule has 0 spiro atoms. The van der Waals surface area contributed by atoms with E-state index in [9.17, 15) is 9.59 Å². The standard InChI is InChI=1S/C19H24N2O3/c22-18(10-11-20-12-13-24-19(20)23)21(15-8-9-15)17-7-3-5-14-4-1-2-6-16(14)17/h1-2,4,6,15,17H,3,5,7-13H2/t17-/m1/s1. The maximum absolute atomic E-state index is 12.9. The number of rotatable bonds is 5. The molecule has 2 aliphatic carbocycles. The molecule has 0 unspecified atom stereocenters. The molecule has 0 radical (unpaired) electrons. The summed E-state index contributed by atoms with van der Waals surface area (Å²) in [7, 11) is 0. The summed E-state index contributed by atoms with van der Waals surface area (Å²) in [5.41, 5.74) is 2.71. The molecule has 1 aliphatic heterocycles. The summed E-state index contributed by atoms with van der Waals surface area (Å²) in [5, 5.41) is 0. The minimum Gasteiger partial charge on any atom is -0.448 e. The van der Waals surface area contributed by atoms with Crippen LogP contribution in [-0.4, -0.2) is 47.5 Å². The van der Waals surface area contributed by atoms with E-state index in [4.69, 9.17) is 4.74 Å². The monoisotopic (exact) mass is 328 g/mol. The first kappa shape index (κ1) is 15.5. The second-order valence-corrected chi connectivity index (χ2v) is 6.99. The van der Waals surface area contributed by atoms with Crippen LogP contribution in [0.2, 0.25) is 0 Å². The van der Waals surface area contributed by atoms with Crippen LogP contribution in [0.3, 0.4) is 0 Å². The zero-order valence-corrected chi connectivity index (χ0v) is 13.9. The van der Waals surface area contributed by atoms with E-state index in [2.05, 4.69) is 29.2 Å². The van der Waals surface area contributed by atoms with E-state index < -0.39 is 0 Å². The molecule has 1 heterocycles. The fourth-order valence-corrected chi connectivity index (χ4v) is 3.99. The van der Waals surface area contributed by atoms with Crippen molar-refractivity contribution in [2.75, 3.05) is 19.7 Å². The molecule has 0 bridgehead atoms. The van der Waals surface area contributed by atoms with Gasteiger partial charge in [-0.1, -0.05) is 24.3 Å². The molecule has 2 fully saturated rings. The lowest BCUT2D eigenvalue weighted by atomic mass is 9.86. The van der Waals surface area contributed by atoms with Gasteiger partial charge in [-0.2, -0.15) is 0 Å². The number of amides is 2. The van der Waals surface area contributed by atoms with Crippen LogP contribution in [0.5, 0.6) is 0 Å². The molecule has 1 aromatic carbocycles. The average molecular weight is 328 g/mol. The SMILES string of the molecule is O=C1OCCN1CCC(=O)N(C1CC1)[C@@H]1CCCc2ccccc21. The lowest BCUT2D eigenvalue weighted by molar-refractivity contribution is -0.135. The van der Waals surface area contributed by atoms with Gasteiger partial charge in [0.25, 0.3) is 0 Å². The summed E-state index contributed by atoms with van der Waals surface area (Å²) in [6.07, 6.45) is 5.61. The number of aryl methyl sites for hydroxylation is 1. The predicted molar refractivity (Wildman–Crippen MR) is 89.5 cm³/mol. The molecule has 0 N–H and O–H groups in total. The normalized spacial score (nSPS) is 22.9. The van der Waals surface area contributed by atoms with E-state index in [1.807, 2.05) is 0 Å². The van der Waals surface area contributed by atoms with E-state index in [0.29, 0.717) is 32.2 Å². The zero-order valence-electron chi connectivity index (χ0n) is 13.9. The summed E-state index contributed by atoms with van der Waals surface area (Å²) < 4.78 is 4.94. The van der Waals surface area contributed by atoms with Gasteiger partial charge in [0.1, 0.15) is 6.61 Å². The molecular formula is C19H24N2O3. The van der Waals surface area contributed by atoms with Crippen molar-refractivity contribution < 1.29 is 14.3 Å². The fraction of sp³-hybridized carbons (Fsp3) is 0.579. The Labute approximate surface area is 142 Å². The first-order valence-electron chi connectivity index (χ1n) is 9.04. The second-order valence-electron chi connectivity index (χ2n) is 6.99. The Morgan fingerprint density at radius 1 is 1.25 bits per heavy atom. The Hall–Kier alpha value is -2.04. The number of benzene rings is 1. The van der Waals surface area contributed by atoms with Crippen molar-refractivity contribution in [1.82, 2.24) is 9.80 Å². The summed E-state index contributed by atoms with van der Waals surface area (Å²) in [4.78, 5) is 28.3. The highest BCUT2D eigenvalue weighted by atomic mass is 16.6. The average Bonchev–Trinajstić information content (AvgIpc) is 3.35. The van der Waals surface area contributed by atoms with Crippen LogP contribution in [0.1, 0.15) is 49.3 Å². The lowest BCUT2D eigenvalue weighted by Crippen LogP contribution is -2.40. The molecule has 128 valence electrons. The quantitative estimate of drug-likeness (QED) is 0.835. The van der Waals surface area contributed by atoms with Gasteiger partial charge in [-0.05, 0) is 43.2 Å². The van der Waals surface area contributed by atoms with Crippen LogP contribution < -0.4 is 0 Å². The number of cyclic esters (lactones) is 1. The van der Waals surface area contributed by atoms with Gasteiger partial charge >= 0.3 is 6.09 Å². The second kappa shape index (κ2) is 6.46. The number of ether oxygens (including phenoxy) is 1. The molecule has 5 heteroatoms. The van der Waals surface area contributed by atoms with E-state index in [-0.39, 0.29) is 18.0 Å². The van der Waals surface area contributed by atoms with Crippen molar-refractivity contribution in [3.05, 3.63) is 35.4 Å². The summed E-state index contributed by atoms with van der Waals surface area (Å²) in [6, 6.07) is 9.13. The number of carbonyl (C=O) groups excluding carboxylic acids is 2. The number of fused-ring (bicyclic) bond motifs is 1. The van der Waals surface area contributed by atoms with Crippen LogP contribution in [0, 0.1) is 0 Å². The lowest BCUT2D eigenvalue weighted by Gasteiger charge is -2.36. The van der Waals surface area contributed by atoms with Crippen molar-refractivity contribution in [2.45, 2.75) is 50.6 Å². The summed E-state index contributed by atoms with van der Waals surface area (Å²) in [6.45, 7) is 1.51. The molecule has 1 saturated heterocycles. The number of hydrogen-bond acceptors (Lipinski definition) is 3. The van der Waals surface area contributed by atoms with Crippen molar-refractivity contribution in [3.8, 4) is 0 Å². The first-order chi connectivity index (χ1) is 11.7. The van der Waals surface area contributed by atoms with E-state index in [1.54, 1.807) is 4.90 Å². The van der Waals surface area contributed by atoms with Crippen LogP contribution in [0.4, 0.5) is 4.79 Å². The van der Waals surface area contributed by atoms with Crippen LogP contribution >= 0.6 is 0 Å². The number of nitrogens with zero attached hydrogens (tertiary/aromatic N) is 2. The third kappa shape index (κ3) is 2.99. The topological polar surface area (TPSA) is 49.9 Å². The van der Waals surface area contributed by atoms with Gasteiger partial charge in [0.2, 0.25) is 5.91 Å². The van der Waals surface area contributed by atoms with E-state index >= 15 is 0 Å². The van der Waals surface area contributed by atoms with Crippen molar-refractivity contribution in [1.29, 1.82) is 0 Å². The van der Waals surface area contributed by atoms with Crippen molar-refractivity contribution in [3.63, 3.8) is 0 Å². The van der Waals surface area contributed by atoms with E-state index in [1.165, 1.54) is 11.1 Å². The third-order valence-corrected chi connectivity index (χ3v) is 5.34. The minimum absolute atomic E-state index is 0.180. The highest BCUT2D eigenvalue weighted by Gasteiger charge is 2.39. The van der Waals surface area contributed by atoms with Gasteiger partial charge in [0.15, 0.2) is 0 Å². The Morgan fingerprint density at radius 2 is 2.08 bits per heavy atom. The van der Waals surface area contributed by atoms with Crippen molar-refractivity contribution in [2.24, 2.45) is 0 Å². The van der Waals surface area contributed by atoms with Gasteiger partial charge in [0, 0.05) is 19.0 Å². The Morgan fingerprint density at radius 3 is 2.83 bits per heavy atom. The highest BCUT2D eigenvalue weighted by molar-refractivity contribution is 5.78. The minimum atomic E-state index is -0.288. The first-order valence-corrected chi connectivity index (χ1v) is 9.04. The maximum Gasteiger partial charge on any atom is 0.409 e. The van der Waals surface area contributed by atoms with Crippen LogP contribution in [0.25, 0.3) is 0 Å². The summed E-state index contributed by atoms with van der Waals surface area (Å²) >= 11 is 0. The largest absolute Gasteiger partial charge is 0.448 e. The number of hydrogen-bond donors (Lipinski definition) is 0. The van der Waals surface area contributed by atoms with E-state index in [0.717, 1.165) is 32.1 Å². The van der Waals surface area contributed by atoms with Gasteiger partial charge in [0.05, 0.1) is 12.6 Å². The molecule has 1 saturated carbocycles. The maximum atomic E-state index is 12.9.